The number of amides is 2. The highest BCUT2D eigenvalue weighted by atomic mass is 16.2. The molecule has 2 amide bonds. The van der Waals surface area contributed by atoms with Crippen molar-refractivity contribution in [2.75, 3.05) is 5.73 Å². The molecular formula is C13H16N4O2. The fraction of sp³-hybridized carbons (Fsp3) is 0.462. The summed E-state index contributed by atoms with van der Waals surface area (Å²) >= 11 is 0. The summed E-state index contributed by atoms with van der Waals surface area (Å²) in [4.78, 5) is 25.9. The van der Waals surface area contributed by atoms with Gasteiger partial charge in [0, 0.05) is 12.6 Å². The molecule has 0 aromatic carbocycles. The molecule has 0 spiro atoms. The SMILES string of the molecule is Cn1ncc(CN2C(=O)C3CC=CCC3C2=O)c1N. The van der Waals surface area contributed by atoms with Crippen molar-refractivity contribution in [2.45, 2.75) is 19.4 Å². The number of nitrogen functional groups attached to an aromatic ring is 1. The van der Waals surface area contributed by atoms with Crippen LogP contribution in [0, 0.1) is 11.8 Å². The lowest BCUT2D eigenvalue weighted by Gasteiger charge is -2.14. The summed E-state index contributed by atoms with van der Waals surface area (Å²) in [6.45, 7) is 0.227. The molecule has 2 unspecified atom stereocenters. The van der Waals surface area contributed by atoms with Gasteiger partial charge in [-0.1, -0.05) is 12.2 Å². The number of carbonyl (C=O) groups excluding carboxylic acids is 2. The average molecular weight is 260 g/mol. The van der Waals surface area contributed by atoms with Gasteiger partial charge in [-0.2, -0.15) is 5.10 Å². The molecule has 1 fully saturated rings. The summed E-state index contributed by atoms with van der Waals surface area (Å²) in [6, 6.07) is 0. The normalized spacial score (nSPS) is 26.1. The Bertz CT molecular complexity index is 549. The van der Waals surface area contributed by atoms with Gasteiger partial charge >= 0.3 is 0 Å². The van der Waals surface area contributed by atoms with E-state index in [1.165, 1.54) is 9.58 Å². The van der Waals surface area contributed by atoms with E-state index in [4.69, 9.17) is 5.73 Å². The molecule has 3 rings (SSSR count). The van der Waals surface area contributed by atoms with Gasteiger partial charge < -0.3 is 5.73 Å². The van der Waals surface area contributed by atoms with E-state index in [9.17, 15) is 9.59 Å². The maximum Gasteiger partial charge on any atom is 0.233 e. The smallest absolute Gasteiger partial charge is 0.233 e. The van der Waals surface area contributed by atoms with Gasteiger partial charge in [-0.15, -0.1) is 0 Å². The van der Waals surface area contributed by atoms with E-state index in [0.717, 1.165) is 5.56 Å². The molecule has 1 aliphatic carbocycles. The Balaban J connectivity index is 1.84. The summed E-state index contributed by atoms with van der Waals surface area (Å²) in [7, 11) is 1.73. The first-order chi connectivity index (χ1) is 9.09. The molecule has 0 saturated carbocycles. The van der Waals surface area contributed by atoms with Gasteiger partial charge in [-0.25, -0.2) is 0 Å². The number of nitrogens with two attached hydrogens (primary N) is 1. The predicted molar refractivity (Wildman–Crippen MR) is 68.5 cm³/mol. The summed E-state index contributed by atoms with van der Waals surface area (Å²) in [5.74, 6) is -0.0374. The first-order valence-electron chi connectivity index (χ1n) is 6.36. The first kappa shape index (κ1) is 12.0. The third kappa shape index (κ3) is 1.75. The highest BCUT2D eigenvalue weighted by Gasteiger charge is 2.47. The molecule has 2 atom stereocenters. The van der Waals surface area contributed by atoms with Gasteiger partial charge in [-0.05, 0) is 12.8 Å². The monoisotopic (exact) mass is 260 g/mol. The Morgan fingerprint density at radius 3 is 2.32 bits per heavy atom. The number of allylic oxidation sites excluding steroid dienone is 2. The van der Waals surface area contributed by atoms with Crippen LogP contribution in [0.5, 0.6) is 0 Å². The van der Waals surface area contributed by atoms with Crippen molar-refractivity contribution in [3.05, 3.63) is 23.9 Å². The fourth-order valence-corrected chi connectivity index (χ4v) is 2.81. The Morgan fingerprint density at radius 2 is 1.84 bits per heavy atom. The second-order valence-corrected chi connectivity index (χ2v) is 5.10. The van der Waals surface area contributed by atoms with Crippen LogP contribution in [-0.2, 0) is 23.2 Å². The van der Waals surface area contributed by atoms with E-state index in [1.807, 2.05) is 12.2 Å². The van der Waals surface area contributed by atoms with Crippen molar-refractivity contribution in [1.82, 2.24) is 14.7 Å². The van der Waals surface area contributed by atoms with Crippen LogP contribution in [0.15, 0.2) is 18.3 Å². The van der Waals surface area contributed by atoms with Crippen molar-refractivity contribution < 1.29 is 9.59 Å². The lowest BCUT2D eigenvalue weighted by Crippen LogP contribution is -2.30. The number of imide groups is 1. The van der Waals surface area contributed by atoms with Crippen LogP contribution in [0.25, 0.3) is 0 Å². The zero-order chi connectivity index (χ0) is 13.6. The van der Waals surface area contributed by atoms with Crippen LogP contribution in [0.2, 0.25) is 0 Å². The Hall–Kier alpha value is -2.11. The van der Waals surface area contributed by atoms with Crippen molar-refractivity contribution in [1.29, 1.82) is 0 Å². The van der Waals surface area contributed by atoms with E-state index < -0.39 is 0 Å². The molecule has 0 bridgehead atoms. The van der Waals surface area contributed by atoms with Crippen LogP contribution in [-0.4, -0.2) is 26.5 Å². The zero-order valence-electron chi connectivity index (χ0n) is 10.7. The topological polar surface area (TPSA) is 81.2 Å². The molecule has 100 valence electrons. The summed E-state index contributed by atoms with van der Waals surface area (Å²) in [5, 5.41) is 4.03. The molecule has 1 saturated heterocycles. The van der Waals surface area contributed by atoms with Crippen LogP contribution in [0.1, 0.15) is 18.4 Å². The molecule has 6 heteroatoms. The van der Waals surface area contributed by atoms with E-state index in [2.05, 4.69) is 5.10 Å². The van der Waals surface area contributed by atoms with Gasteiger partial charge in [-0.3, -0.25) is 19.2 Å². The fourth-order valence-electron chi connectivity index (χ4n) is 2.81. The number of aromatic nitrogens is 2. The number of hydrogen-bond acceptors (Lipinski definition) is 4. The number of anilines is 1. The third-order valence-electron chi connectivity index (χ3n) is 3.99. The molecule has 1 aromatic heterocycles. The van der Waals surface area contributed by atoms with Crippen LogP contribution in [0.4, 0.5) is 5.82 Å². The zero-order valence-corrected chi connectivity index (χ0v) is 10.7. The number of rotatable bonds is 2. The van der Waals surface area contributed by atoms with Crippen molar-refractivity contribution in [3.8, 4) is 0 Å². The number of hydrogen-bond donors (Lipinski definition) is 1. The number of likely N-dealkylation sites (tertiary alicyclic amines) is 1. The Morgan fingerprint density at radius 1 is 1.26 bits per heavy atom. The predicted octanol–water partition coefficient (Wildman–Crippen LogP) is 0.453. The van der Waals surface area contributed by atoms with Crippen LogP contribution in [0.3, 0.4) is 0 Å². The number of fused-ring (bicyclic) bond motifs is 1. The molecule has 2 aliphatic rings. The van der Waals surface area contributed by atoms with Crippen molar-refractivity contribution >= 4 is 17.6 Å². The summed E-state index contributed by atoms with van der Waals surface area (Å²) in [5.41, 5.74) is 6.58. The van der Waals surface area contributed by atoms with Crippen molar-refractivity contribution in [2.24, 2.45) is 18.9 Å². The number of nitrogens with zero attached hydrogens (tertiary/aromatic N) is 3. The maximum atomic E-state index is 12.3. The largest absolute Gasteiger partial charge is 0.384 e. The van der Waals surface area contributed by atoms with Gasteiger partial charge in [0.2, 0.25) is 11.8 Å². The van der Waals surface area contributed by atoms with Gasteiger partial charge in [0.25, 0.3) is 0 Å². The van der Waals surface area contributed by atoms with Crippen LogP contribution >= 0.6 is 0 Å². The summed E-state index contributed by atoms with van der Waals surface area (Å²) in [6.07, 6.45) is 6.89. The molecule has 6 nitrogen and oxygen atoms in total. The van der Waals surface area contributed by atoms with Crippen LogP contribution < -0.4 is 5.73 Å². The van der Waals surface area contributed by atoms with E-state index in [-0.39, 0.29) is 30.2 Å². The molecule has 19 heavy (non-hydrogen) atoms. The minimum absolute atomic E-state index is 0.0809. The van der Waals surface area contributed by atoms with E-state index >= 15 is 0 Å². The van der Waals surface area contributed by atoms with E-state index in [1.54, 1.807) is 13.2 Å². The first-order valence-corrected chi connectivity index (χ1v) is 6.36. The van der Waals surface area contributed by atoms with Gasteiger partial charge in [0.05, 0.1) is 24.6 Å². The lowest BCUT2D eigenvalue weighted by molar-refractivity contribution is -0.140. The van der Waals surface area contributed by atoms with Crippen molar-refractivity contribution in [3.63, 3.8) is 0 Å². The van der Waals surface area contributed by atoms with E-state index in [0.29, 0.717) is 18.7 Å². The third-order valence-corrected chi connectivity index (χ3v) is 3.99. The minimum atomic E-state index is -0.185. The molecule has 0 radical (unpaired) electrons. The molecule has 1 aliphatic heterocycles. The lowest BCUT2D eigenvalue weighted by atomic mass is 9.85. The second kappa shape index (κ2) is 4.22. The van der Waals surface area contributed by atoms with Gasteiger partial charge in [0.15, 0.2) is 0 Å². The standard InChI is InChI=1S/C13H16N4O2/c1-16-11(14)8(6-15-16)7-17-12(18)9-4-2-3-5-10(9)13(17)19/h2-3,6,9-10H,4-5,7,14H2,1H3. The molecular weight excluding hydrogens is 244 g/mol. The Labute approximate surface area is 110 Å². The van der Waals surface area contributed by atoms with Gasteiger partial charge in [0.1, 0.15) is 5.82 Å². The minimum Gasteiger partial charge on any atom is -0.384 e. The highest BCUT2D eigenvalue weighted by Crippen LogP contribution is 2.36. The highest BCUT2D eigenvalue weighted by molar-refractivity contribution is 6.05. The summed E-state index contributed by atoms with van der Waals surface area (Å²) < 4.78 is 1.54. The molecule has 2 N–H and O–H groups in total. The Kier molecular flexibility index (Phi) is 2.66. The molecule has 1 aromatic rings. The maximum absolute atomic E-state index is 12.3. The number of aryl methyl sites for hydroxylation is 1. The quantitative estimate of drug-likeness (QED) is 0.618. The number of carbonyl (C=O) groups is 2. The average Bonchev–Trinajstić information content (AvgIpc) is 2.86. The second-order valence-electron chi connectivity index (χ2n) is 5.10. The molecule has 2 heterocycles.